The first-order valence-electron chi connectivity index (χ1n) is 4.99. The average Bonchev–Trinajstić information content (AvgIpc) is 2.31. The number of hydrogen-bond acceptors (Lipinski definition) is 1. The summed E-state index contributed by atoms with van der Waals surface area (Å²) in [5.41, 5.74) is 0. The van der Waals surface area contributed by atoms with Crippen molar-refractivity contribution in [3.8, 4) is 0 Å². The molecular formula is C10H19F2N. The molecule has 0 bridgehead atoms. The van der Waals surface area contributed by atoms with Crippen LogP contribution in [0.5, 0.6) is 0 Å². The van der Waals surface area contributed by atoms with Crippen LogP contribution >= 0.6 is 0 Å². The topological polar surface area (TPSA) is 3.24 Å². The van der Waals surface area contributed by atoms with Gasteiger partial charge in [0.25, 0.3) is 0 Å². The van der Waals surface area contributed by atoms with Crippen molar-refractivity contribution in [3.05, 3.63) is 0 Å². The normalized spacial score (nSPS) is 30.7. The zero-order valence-electron chi connectivity index (χ0n) is 8.63. The Labute approximate surface area is 79.1 Å². The molecule has 2 unspecified atom stereocenters. The van der Waals surface area contributed by atoms with E-state index in [9.17, 15) is 8.78 Å². The van der Waals surface area contributed by atoms with Crippen LogP contribution < -0.4 is 0 Å². The van der Waals surface area contributed by atoms with Gasteiger partial charge in [-0.1, -0.05) is 13.8 Å². The van der Waals surface area contributed by atoms with Crippen LogP contribution in [-0.2, 0) is 0 Å². The highest BCUT2D eigenvalue weighted by atomic mass is 19.3. The van der Waals surface area contributed by atoms with Crippen molar-refractivity contribution in [3.63, 3.8) is 0 Å². The van der Waals surface area contributed by atoms with E-state index in [1.54, 1.807) is 0 Å². The van der Waals surface area contributed by atoms with Gasteiger partial charge >= 0.3 is 0 Å². The van der Waals surface area contributed by atoms with Gasteiger partial charge in [0.2, 0.25) is 6.43 Å². The van der Waals surface area contributed by atoms with Gasteiger partial charge in [0, 0.05) is 18.5 Å². The molecule has 0 spiro atoms. The lowest BCUT2D eigenvalue weighted by Crippen LogP contribution is -2.26. The van der Waals surface area contributed by atoms with Crippen LogP contribution in [0.15, 0.2) is 0 Å². The molecule has 1 fully saturated rings. The van der Waals surface area contributed by atoms with Gasteiger partial charge < -0.3 is 4.90 Å². The first-order chi connectivity index (χ1) is 6.00. The molecule has 0 aromatic heterocycles. The second kappa shape index (κ2) is 4.36. The van der Waals surface area contributed by atoms with Crippen molar-refractivity contribution in [1.29, 1.82) is 0 Å². The predicted molar refractivity (Wildman–Crippen MR) is 50.0 cm³/mol. The van der Waals surface area contributed by atoms with Gasteiger partial charge in [-0.15, -0.1) is 0 Å². The molecule has 1 rings (SSSR count). The summed E-state index contributed by atoms with van der Waals surface area (Å²) < 4.78 is 24.8. The summed E-state index contributed by atoms with van der Waals surface area (Å²) in [7, 11) is 1.95. The SMILES string of the molecule is CC(C)CC1CC(C(F)F)CN1C. The molecule has 0 aromatic rings. The molecule has 13 heavy (non-hydrogen) atoms. The molecule has 0 aromatic carbocycles. The zero-order chi connectivity index (χ0) is 10.0. The Balaban J connectivity index is 2.42. The fourth-order valence-electron chi connectivity index (χ4n) is 2.13. The third kappa shape index (κ3) is 2.90. The smallest absolute Gasteiger partial charge is 0.242 e. The van der Waals surface area contributed by atoms with E-state index < -0.39 is 12.3 Å². The van der Waals surface area contributed by atoms with E-state index >= 15 is 0 Å². The van der Waals surface area contributed by atoms with Crippen molar-refractivity contribution >= 4 is 0 Å². The summed E-state index contributed by atoms with van der Waals surface area (Å²) in [5, 5.41) is 0. The maximum Gasteiger partial charge on any atom is 0.242 e. The number of rotatable bonds is 3. The van der Waals surface area contributed by atoms with Gasteiger partial charge in [0.15, 0.2) is 0 Å². The van der Waals surface area contributed by atoms with E-state index in [2.05, 4.69) is 18.7 Å². The van der Waals surface area contributed by atoms with Crippen LogP contribution in [-0.4, -0.2) is 31.0 Å². The van der Waals surface area contributed by atoms with Crippen molar-refractivity contribution in [2.75, 3.05) is 13.6 Å². The molecule has 1 nitrogen and oxygen atoms in total. The Kier molecular flexibility index (Phi) is 3.65. The molecule has 1 aliphatic heterocycles. The number of likely N-dealkylation sites (tertiary alicyclic amines) is 1. The first-order valence-corrected chi connectivity index (χ1v) is 4.99. The monoisotopic (exact) mass is 191 g/mol. The minimum atomic E-state index is -2.14. The molecule has 3 heteroatoms. The van der Waals surface area contributed by atoms with E-state index in [0.717, 1.165) is 6.42 Å². The zero-order valence-corrected chi connectivity index (χ0v) is 8.63. The Morgan fingerprint density at radius 2 is 2.00 bits per heavy atom. The molecule has 0 radical (unpaired) electrons. The van der Waals surface area contributed by atoms with E-state index in [0.29, 0.717) is 24.9 Å². The average molecular weight is 191 g/mol. The highest BCUT2D eigenvalue weighted by Gasteiger charge is 2.34. The molecular weight excluding hydrogens is 172 g/mol. The van der Waals surface area contributed by atoms with Crippen molar-refractivity contribution in [2.45, 2.75) is 39.2 Å². The van der Waals surface area contributed by atoms with Crippen molar-refractivity contribution in [1.82, 2.24) is 4.90 Å². The third-order valence-corrected chi connectivity index (χ3v) is 2.82. The van der Waals surface area contributed by atoms with Gasteiger partial charge in [0.1, 0.15) is 0 Å². The highest BCUT2D eigenvalue weighted by molar-refractivity contribution is 4.84. The predicted octanol–water partition coefficient (Wildman–Crippen LogP) is 2.62. The maximum atomic E-state index is 12.4. The second-order valence-electron chi connectivity index (χ2n) is 4.55. The Hall–Kier alpha value is -0.180. The van der Waals surface area contributed by atoms with Crippen molar-refractivity contribution in [2.24, 2.45) is 11.8 Å². The number of alkyl halides is 2. The summed E-state index contributed by atoms with van der Waals surface area (Å²) in [6, 6.07) is 0.374. The summed E-state index contributed by atoms with van der Waals surface area (Å²) in [6.45, 7) is 4.85. The van der Waals surface area contributed by atoms with Crippen LogP contribution in [0.25, 0.3) is 0 Å². The Bertz CT molecular complexity index is 159. The molecule has 0 N–H and O–H groups in total. The molecule has 78 valence electrons. The highest BCUT2D eigenvalue weighted by Crippen LogP contribution is 2.29. The minimum absolute atomic E-state index is 0.374. The second-order valence-corrected chi connectivity index (χ2v) is 4.55. The van der Waals surface area contributed by atoms with Gasteiger partial charge in [-0.2, -0.15) is 0 Å². The summed E-state index contributed by atoms with van der Waals surface area (Å²) in [6.07, 6.45) is -0.425. The molecule has 2 atom stereocenters. The lowest BCUT2D eigenvalue weighted by Gasteiger charge is -2.20. The largest absolute Gasteiger partial charge is 0.303 e. The maximum absolute atomic E-state index is 12.4. The van der Waals surface area contributed by atoms with Crippen LogP contribution in [0.4, 0.5) is 8.78 Å². The van der Waals surface area contributed by atoms with Crippen LogP contribution in [0.1, 0.15) is 26.7 Å². The summed E-state index contributed by atoms with van der Waals surface area (Å²) in [5.74, 6) is 0.206. The lowest BCUT2D eigenvalue weighted by atomic mass is 9.98. The first kappa shape index (κ1) is 10.9. The van der Waals surface area contributed by atoms with Gasteiger partial charge in [-0.25, -0.2) is 8.78 Å². The Morgan fingerprint density at radius 1 is 1.38 bits per heavy atom. The van der Waals surface area contributed by atoms with E-state index in [1.807, 2.05) is 7.05 Å². The molecule has 1 heterocycles. The van der Waals surface area contributed by atoms with E-state index in [1.165, 1.54) is 0 Å². The fourth-order valence-corrected chi connectivity index (χ4v) is 2.13. The van der Waals surface area contributed by atoms with Crippen LogP contribution in [0.3, 0.4) is 0 Å². The summed E-state index contributed by atoms with van der Waals surface area (Å²) in [4.78, 5) is 2.08. The van der Waals surface area contributed by atoms with Crippen LogP contribution in [0, 0.1) is 11.8 Å². The van der Waals surface area contributed by atoms with E-state index in [4.69, 9.17) is 0 Å². The minimum Gasteiger partial charge on any atom is -0.303 e. The molecule has 0 amide bonds. The molecule has 1 saturated heterocycles. The molecule has 0 saturated carbocycles. The van der Waals surface area contributed by atoms with E-state index in [-0.39, 0.29) is 0 Å². The number of nitrogens with zero attached hydrogens (tertiary/aromatic N) is 1. The van der Waals surface area contributed by atoms with Gasteiger partial charge in [0.05, 0.1) is 0 Å². The Morgan fingerprint density at radius 3 is 2.38 bits per heavy atom. The summed E-state index contributed by atoms with van der Waals surface area (Å²) >= 11 is 0. The number of hydrogen-bond donors (Lipinski definition) is 0. The van der Waals surface area contributed by atoms with Gasteiger partial charge in [-0.3, -0.25) is 0 Å². The van der Waals surface area contributed by atoms with Crippen molar-refractivity contribution < 1.29 is 8.78 Å². The lowest BCUT2D eigenvalue weighted by molar-refractivity contribution is 0.0821. The third-order valence-electron chi connectivity index (χ3n) is 2.82. The fraction of sp³-hybridized carbons (Fsp3) is 1.00. The van der Waals surface area contributed by atoms with Gasteiger partial charge in [-0.05, 0) is 25.8 Å². The number of halogens is 2. The molecule has 0 aliphatic carbocycles. The van der Waals surface area contributed by atoms with Crippen LogP contribution in [0.2, 0.25) is 0 Å². The quantitative estimate of drug-likeness (QED) is 0.663. The standard InChI is InChI=1S/C10H19F2N/c1-7(2)4-9-5-8(10(11)12)6-13(9)3/h7-10H,4-6H2,1-3H3. The molecule has 1 aliphatic rings.